The number of rotatable bonds is 7. The van der Waals surface area contributed by atoms with Crippen molar-refractivity contribution in [2.45, 2.75) is 45.7 Å². The highest BCUT2D eigenvalue weighted by atomic mass is 16.5. The van der Waals surface area contributed by atoms with Gasteiger partial charge in [0.2, 0.25) is 0 Å². The van der Waals surface area contributed by atoms with E-state index in [2.05, 4.69) is 39.6 Å². The Balaban J connectivity index is 4.88. The fourth-order valence-corrected chi connectivity index (χ4v) is 2.08. The Morgan fingerprint density at radius 2 is 1.87 bits per heavy atom. The van der Waals surface area contributed by atoms with Crippen LogP contribution < -0.4 is 5.73 Å². The maximum atomic E-state index is 5.97. The molecule has 2 unspecified atom stereocenters. The van der Waals surface area contributed by atoms with E-state index >= 15 is 0 Å². The molecule has 0 saturated heterocycles. The summed E-state index contributed by atoms with van der Waals surface area (Å²) in [5.41, 5.74) is 5.93. The van der Waals surface area contributed by atoms with Crippen molar-refractivity contribution in [2.24, 2.45) is 11.7 Å². The average Bonchev–Trinajstić information content (AvgIpc) is 2.23. The number of nitrogens with zero attached hydrogens (tertiary/aromatic N) is 1. The first-order valence-electron chi connectivity index (χ1n) is 5.88. The lowest BCUT2D eigenvalue weighted by atomic mass is 9.84. The van der Waals surface area contributed by atoms with E-state index in [4.69, 9.17) is 10.5 Å². The molecule has 0 aliphatic rings. The first-order chi connectivity index (χ1) is 6.96. The predicted molar refractivity (Wildman–Crippen MR) is 66.0 cm³/mol. The molecule has 0 amide bonds. The van der Waals surface area contributed by atoms with Gasteiger partial charge in [-0.25, -0.2) is 0 Å². The van der Waals surface area contributed by atoms with Crippen molar-refractivity contribution >= 4 is 0 Å². The van der Waals surface area contributed by atoms with Gasteiger partial charge in [0.05, 0.1) is 12.1 Å². The molecule has 0 heterocycles. The first-order valence-corrected chi connectivity index (χ1v) is 5.88. The molecule has 0 aliphatic carbocycles. The van der Waals surface area contributed by atoms with E-state index in [1.54, 1.807) is 7.11 Å². The molecule has 0 aliphatic heterocycles. The SMILES string of the molecule is CCC(C)N(C)C(CN)(COC)C(C)C. The highest BCUT2D eigenvalue weighted by Gasteiger charge is 2.38. The molecule has 92 valence electrons. The van der Waals surface area contributed by atoms with Crippen LogP contribution in [0.1, 0.15) is 34.1 Å². The zero-order valence-corrected chi connectivity index (χ0v) is 11.2. The van der Waals surface area contributed by atoms with Gasteiger partial charge in [-0.15, -0.1) is 0 Å². The van der Waals surface area contributed by atoms with Crippen LogP contribution in [0.5, 0.6) is 0 Å². The van der Waals surface area contributed by atoms with Crippen LogP contribution in [0.3, 0.4) is 0 Å². The fraction of sp³-hybridized carbons (Fsp3) is 1.00. The van der Waals surface area contributed by atoms with Crippen molar-refractivity contribution in [3.8, 4) is 0 Å². The topological polar surface area (TPSA) is 38.5 Å². The van der Waals surface area contributed by atoms with Crippen LogP contribution in [0.25, 0.3) is 0 Å². The summed E-state index contributed by atoms with van der Waals surface area (Å²) in [6.45, 7) is 10.2. The van der Waals surface area contributed by atoms with Gasteiger partial charge in [0.1, 0.15) is 0 Å². The monoisotopic (exact) mass is 216 g/mol. The van der Waals surface area contributed by atoms with Crippen molar-refractivity contribution in [2.75, 3.05) is 27.3 Å². The van der Waals surface area contributed by atoms with Gasteiger partial charge in [-0.2, -0.15) is 0 Å². The summed E-state index contributed by atoms with van der Waals surface area (Å²) in [5, 5.41) is 0. The lowest BCUT2D eigenvalue weighted by molar-refractivity contribution is -0.0214. The molecule has 3 nitrogen and oxygen atoms in total. The predicted octanol–water partition coefficient (Wildman–Crippen LogP) is 1.72. The lowest BCUT2D eigenvalue weighted by Crippen LogP contribution is -2.61. The molecule has 3 heteroatoms. The highest BCUT2D eigenvalue weighted by Crippen LogP contribution is 2.26. The second-order valence-electron chi connectivity index (χ2n) is 4.76. The van der Waals surface area contributed by atoms with E-state index in [0.717, 1.165) is 6.42 Å². The van der Waals surface area contributed by atoms with Crippen molar-refractivity contribution in [3.05, 3.63) is 0 Å². The Kier molecular flexibility index (Phi) is 6.41. The Morgan fingerprint density at radius 1 is 1.33 bits per heavy atom. The zero-order chi connectivity index (χ0) is 12.1. The molecule has 0 radical (unpaired) electrons. The summed E-state index contributed by atoms with van der Waals surface area (Å²) in [6, 6.07) is 0.533. The van der Waals surface area contributed by atoms with Gasteiger partial charge in [0.25, 0.3) is 0 Å². The normalized spacial score (nSPS) is 18.2. The van der Waals surface area contributed by atoms with E-state index in [-0.39, 0.29) is 5.54 Å². The van der Waals surface area contributed by atoms with Gasteiger partial charge >= 0.3 is 0 Å². The lowest BCUT2D eigenvalue weighted by Gasteiger charge is -2.46. The quantitative estimate of drug-likeness (QED) is 0.704. The van der Waals surface area contributed by atoms with Crippen LogP contribution in [-0.2, 0) is 4.74 Å². The smallest absolute Gasteiger partial charge is 0.0661 e. The van der Waals surface area contributed by atoms with E-state index in [1.165, 1.54) is 0 Å². The van der Waals surface area contributed by atoms with Gasteiger partial charge in [-0.1, -0.05) is 20.8 Å². The third kappa shape index (κ3) is 3.16. The Labute approximate surface area is 95.0 Å². The molecule has 0 rings (SSSR count). The summed E-state index contributed by atoms with van der Waals surface area (Å²) in [5.74, 6) is 0.487. The van der Waals surface area contributed by atoms with E-state index in [9.17, 15) is 0 Å². The largest absolute Gasteiger partial charge is 0.383 e. The average molecular weight is 216 g/mol. The second kappa shape index (κ2) is 6.46. The van der Waals surface area contributed by atoms with Gasteiger partial charge in [-0.05, 0) is 26.3 Å². The van der Waals surface area contributed by atoms with E-state index in [1.807, 2.05) is 0 Å². The van der Waals surface area contributed by atoms with E-state index in [0.29, 0.717) is 25.1 Å². The van der Waals surface area contributed by atoms with Gasteiger partial charge in [-0.3, -0.25) is 4.90 Å². The van der Waals surface area contributed by atoms with Gasteiger partial charge < -0.3 is 10.5 Å². The molecule has 0 aromatic rings. The van der Waals surface area contributed by atoms with Crippen LogP contribution >= 0.6 is 0 Å². The number of hydrogen-bond acceptors (Lipinski definition) is 3. The fourth-order valence-electron chi connectivity index (χ4n) is 2.08. The Hall–Kier alpha value is -0.120. The van der Waals surface area contributed by atoms with Crippen LogP contribution in [0.15, 0.2) is 0 Å². The van der Waals surface area contributed by atoms with Gasteiger partial charge in [0, 0.05) is 19.7 Å². The number of ether oxygens (including phenoxy) is 1. The van der Waals surface area contributed by atoms with Crippen molar-refractivity contribution < 1.29 is 4.74 Å². The number of methoxy groups -OCH3 is 1. The molecule has 0 saturated carbocycles. The zero-order valence-electron chi connectivity index (χ0n) is 11.2. The number of likely N-dealkylation sites (N-methyl/N-ethyl adjacent to an activating group) is 1. The van der Waals surface area contributed by atoms with Crippen LogP contribution in [-0.4, -0.2) is 43.8 Å². The Bertz CT molecular complexity index is 173. The summed E-state index contributed by atoms with van der Waals surface area (Å²) in [6.07, 6.45) is 1.13. The standard InChI is InChI=1S/C12H28N2O/c1-7-11(4)14(5)12(8-13,9-15-6)10(2)3/h10-11H,7-9,13H2,1-6H3. The highest BCUT2D eigenvalue weighted by molar-refractivity contribution is 4.95. The minimum atomic E-state index is -0.0375. The van der Waals surface area contributed by atoms with Gasteiger partial charge in [0.15, 0.2) is 0 Å². The molecular formula is C12H28N2O. The molecule has 0 aromatic carbocycles. The molecule has 0 bridgehead atoms. The van der Waals surface area contributed by atoms with Crippen LogP contribution in [0.2, 0.25) is 0 Å². The molecular weight excluding hydrogens is 188 g/mol. The number of nitrogens with two attached hydrogens (primary N) is 1. The van der Waals surface area contributed by atoms with E-state index < -0.39 is 0 Å². The molecule has 0 fully saturated rings. The summed E-state index contributed by atoms with van der Waals surface area (Å²) in [4.78, 5) is 2.38. The van der Waals surface area contributed by atoms with Crippen molar-refractivity contribution in [1.82, 2.24) is 4.90 Å². The number of hydrogen-bond donors (Lipinski definition) is 1. The Morgan fingerprint density at radius 3 is 2.13 bits per heavy atom. The molecule has 15 heavy (non-hydrogen) atoms. The van der Waals surface area contributed by atoms with Crippen molar-refractivity contribution in [3.63, 3.8) is 0 Å². The maximum absolute atomic E-state index is 5.97. The van der Waals surface area contributed by atoms with Crippen LogP contribution in [0, 0.1) is 5.92 Å². The third-order valence-electron chi connectivity index (χ3n) is 3.78. The summed E-state index contributed by atoms with van der Waals surface area (Å²) >= 11 is 0. The van der Waals surface area contributed by atoms with Crippen molar-refractivity contribution in [1.29, 1.82) is 0 Å². The minimum absolute atomic E-state index is 0.0375. The molecule has 0 spiro atoms. The minimum Gasteiger partial charge on any atom is -0.383 e. The molecule has 2 atom stereocenters. The summed E-state index contributed by atoms with van der Waals surface area (Å²) in [7, 11) is 3.90. The molecule has 2 N–H and O–H groups in total. The van der Waals surface area contributed by atoms with Crippen LogP contribution in [0.4, 0.5) is 0 Å². The second-order valence-corrected chi connectivity index (χ2v) is 4.76. The summed E-state index contributed by atoms with van der Waals surface area (Å²) < 4.78 is 5.35. The molecule has 0 aromatic heterocycles. The third-order valence-corrected chi connectivity index (χ3v) is 3.78. The maximum Gasteiger partial charge on any atom is 0.0661 e. The first kappa shape index (κ1) is 14.9.